The van der Waals surface area contributed by atoms with E-state index in [1.54, 1.807) is 12.1 Å². The number of benzene rings is 3. The number of amides is 1. The molecule has 166 valence electrons. The Labute approximate surface area is 187 Å². The maximum Gasteiger partial charge on any atom is 0.262 e. The topological polar surface area (TPSA) is 84.9 Å². The number of morpholine rings is 1. The number of nitrogens with one attached hydrogen (secondary N) is 1. The van der Waals surface area contributed by atoms with Crippen LogP contribution in [-0.4, -0.2) is 51.5 Å². The molecule has 1 N–H and O–H groups in total. The molecule has 7 nitrogen and oxygen atoms in total. The van der Waals surface area contributed by atoms with Gasteiger partial charge in [0, 0.05) is 18.8 Å². The number of hydrogen-bond donors (Lipinski definition) is 1. The van der Waals surface area contributed by atoms with E-state index in [1.807, 2.05) is 54.6 Å². The summed E-state index contributed by atoms with van der Waals surface area (Å²) >= 11 is 0. The Kier molecular flexibility index (Phi) is 6.84. The molecule has 3 aromatic carbocycles. The zero-order valence-electron chi connectivity index (χ0n) is 17.4. The molecular formula is C24H24N2O5S. The normalized spacial score (nSPS) is 14.6. The second-order valence-corrected chi connectivity index (χ2v) is 9.21. The van der Waals surface area contributed by atoms with Gasteiger partial charge in [0.25, 0.3) is 5.91 Å². The van der Waals surface area contributed by atoms with Gasteiger partial charge in [-0.3, -0.25) is 4.79 Å². The van der Waals surface area contributed by atoms with E-state index >= 15 is 0 Å². The molecule has 1 aliphatic heterocycles. The summed E-state index contributed by atoms with van der Waals surface area (Å²) in [6, 6.07) is 23.7. The molecule has 0 radical (unpaired) electrons. The first-order valence-electron chi connectivity index (χ1n) is 10.3. The minimum atomic E-state index is -3.63. The van der Waals surface area contributed by atoms with Crippen LogP contribution in [0.4, 0.5) is 5.69 Å². The number of sulfonamides is 1. The third-order valence-corrected chi connectivity index (χ3v) is 6.95. The van der Waals surface area contributed by atoms with Gasteiger partial charge in [0.15, 0.2) is 6.61 Å². The van der Waals surface area contributed by atoms with Crippen LogP contribution >= 0.6 is 0 Å². The predicted molar refractivity (Wildman–Crippen MR) is 122 cm³/mol. The summed E-state index contributed by atoms with van der Waals surface area (Å²) in [4.78, 5) is 12.5. The standard InChI is InChI=1S/C24H24N2O5S/c27-24(18-31-22-11-9-20(10-12-22)19-5-2-1-3-6-19)25-21-7-4-8-23(17-21)32(28,29)26-13-15-30-16-14-26/h1-12,17H,13-16,18H2,(H,25,27). The number of hydrogen-bond acceptors (Lipinski definition) is 5. The number of ether oxygens (including phenoxy) is 2. The lowest BCUT2D eigenvalue weighted by Gasteiger charge is -2.26. The van der Waals surface area contributed by atoms with Crippen molar-refractivity contribution in [3.05, 3.63) is 78.9 Å². The van der Waals surface area contributed by atoms with Crippen molar-refractivity contribution in [3.8, 4) is 16.9 Å². The van der Waals surface area contributed by atoms with Gasteiger partial charge in [-0.2, -0.15) is 4.31 Å². The maximum absolute atomic E-state index is 12.8. The summed E-state index contributed by atoms with van der Waals surface area (Å²) in [7, 11) is -3.63. The largest absolute Gasteiger partial charge is 0.484 e. The van der Waals surface area contributed by atoms with Gasteiger partial charge in [0.2, 0.25) is 10.0 Å². The van der Waals surface area contributed by atoms with E-state index < -0.39 is 10.0 Å². The Balaban J connectivity index is 1.35. The van der Waals surface area contributed by atoms with E-state index in [0.29, 0.717) is 37.7 Å². The minimum Gasteiger partial charge on any atom is -0.484 e. The highest BCUT2D eigenvalue weighted by Crippen LogP contribution is 2.23. The lowest BCUT2D eigenvalue weighted by Crippen LogP contribution is -2.40. The summed E-state index contributed by atoms with van der Waals surface area (Å²) in [5, 5.41) is 2.69. The lowest BCUT2D eigenvalue weighted by atomic mass is 10.1. The first-order chi connectivity index (χ1) is 15.5. The molecule has 32 heavy (non-hydrogen) atoms. The van der Waals surface area contributed by atoms with Crippen LogP contribution in [0.2, 0.25) is 0 Å². The second-order valence-electron chi connectivity index (χ2n) is 7.27. The van der Waals surface area contributed by atoms with Gasteiger partial charge in [-0.25, -0.2) is 8.42 Å². The van der Waals surface area contributed by atoms with Crippen molar-refractivity contribution >= 4 is 21.6 Å². The smallest absolute Gasteiger partial charge is 0.262 e. The van der Waals surface area contributed by atoms with Crippen LogP contribution in [0.15, 0.2) is 83.8 Å². The Morgan fingerprint density at radius 3 is 2.31 bits per heavy atom. The number of anilines is 1. The summed E-state index contributed by atoms with van der Waals surface area (Å²) in [5.74, 6) is 0.196. The molecule has 1 saturated heterocycles. The Hall–Kier alpha value is -3.20. The van der Waals surface area contributed by atoms with Crippen molar-refractivity contribution < 1.29 is 22.7 Å². The van der Waals surface area contributed by atoms with Gasteiger partial charge >= 0.3 is 0 Å². The third-order valence-electron chi connectivity index (χ3n) is 5.06. The van der Waals surface area contributed by atoms with E-state index in [9.17, 15) is 13.2 Å². The van der Waals surface area contributed by atoms with Gasteiger partial charge in [-0.1, -0.05) is 48.5 Å². The van der Waals surface area contributed by atoms with Gasteiger partial charge in [0.05, 0.1) is 18.1 Å². The molecule has 0 saturated carbocycles. The summed E-state index contributed by atoms with van der Waals surface area (Å²) in [5.41, 5.74) is 2.55. The van der Waals surface area contributed by atoms with Crippen molar-refractivity contribution in [2.75, 3.05) is 38.2 Å². The highest BCUT2D eigenvalue weighted by Gasteiger charge is 2.26. The van der Waals surface area contributed by atoms with Crippen molar-refractivity contribution in [1.82, 2.24) is 4.31 Å². The van der Waals surface area contributed by atoms with Crippen molar-refractivity contribution in [1.29, 1.82) is 0 Å². The highest BCUT2D eigenvalue weighted by molar-refractivity contribution is 7.89. The van der Waals surface area contributed by atoms with Gasteiger partial charge in [-0.15, -0.1) is 0 Å². The molecule has 0 aliphatic carbocycles. The molecule has 0 atom stereocenters. The van der Waals surface area contributed by atoms with Crippen LogP contribution in [0, 0.1) is 0 Å². The van der Waals surface area contributed by atoms with E-state index in [-0.39, 0.29) is 17.4 Å². The van der Waals surface area contributed by atoms with Crippen LogP contribution in [0.1, 0.15) is 0 Å². The van der Waals surface area contributed by atoms with Crippen molar-refractivity contribution in [3.63, 3.8) is 0 Å². The number of nitrogens with zero attached hydrogens (tertiary/aromatic N) is 1. The predicted octanol–water partition coefficient (Wildman–Crippen LogP) is 3.39. The van der Waals surface area contributed by atoms with Crippen molar-refractivity contribution in [2.24, 2.45) is 0 Å². The summed E-state index contributed by atoms with van der Waals surface area (Å²) in [6.07, 6.45) is 0. The molecule has 0 aromatic heterocycles. The first kappa shape index (κ1) is 22.0. The average molecular weight is 453 g/mol. The fraction of sp³-hybridized carbons (Fsp3) is 0.208. The lowest BCUT2D eigenvalue weighted by molar-refractivity contribution is -0.118. The quantitative estimate of drug-likeness (QED) is 0.594. The second kappa shape index (κ2) is 9.95. The van der Waals surface area contributed by atoms with E-state index in [4.69, 9.17) is 9.47 Å². The van der Waals surface area contributed by atoms with Gasteiger partial charge in [-0.05, 0) is 41.5 Å². The summed E-state index contributed by atoms with van der Waals surface area (Å²) < 4.78 is 37.8. The van der Waals surface area contributed by atoms with Crippen molar-refractivity contribution in [2.45, 2.75) is 4.90 Å². The monoisotopic (exact) mass is 452 g/mol. The molecule has 0 bridgehead atoms. The molecule has 8 heteroatoms. The molecule has 1 fully saturated rings. The van der Waals surface area contributed by atoms with Crippen LogP contribution in [0.25, 0.3) is 11.1 Å². The fourth-order valence-corrected chi connectivity index (χ4v) is 4.84. The number of carbonyl (C=O) groups is 1. The summed E-state index contributed by atoms with van der Waals surface area (Å²) in [6.45, 7) is 1.19. The maximum atomic E-state index is 12.8. The fourth-order valence-electron chi connectivity index (χ4n) is 3.39. The van der Waals surface area contributed by atoms with Crippen LogP contribution in [0.5, 0.6) is 5.75 Å². The Bertz CT molecular complexity index is 1160. The SMILES string of the molecule is O=C(COc1ccc(-c2ccccc2)cc1)Nc1cccc(S(=O)(=O)N2CCOCC2)c1. The molecule has 4 rings (SSSR count). The zero-order valence-corrected chi connectivity index (χ0v) is 18.3. The average Bonchev–Trinajstić information content (AvgIpc) is 2.84. The van der Waals surface area contributed by atoms with Gasteiger partial charge < -0.3 is 14.8 Å². The third kappa shape index (κ3) is 5.34. The van der Waals surface area contributed by atoms with E-state index in [0.717, 1.165) is 11.1 Å². The van der Waals surface area contributed by atoms with Gasteiger partial charge in [0.1, 0.15) is 5.75 Å². The molecule has 1 aliphatic rings. The minimum absolute atomic E-state index is 0.134. The first-order valence-corrected chi connectivity index (χ1v) is 11.7. The Morgan fingerprint density at radius 2 is 1.59 bits per heavy atom. The zero-order chi connectivity index (χ0) is 22.4. The number of carbonyl (C=O) groups excluding carboxylic acids is 1. The molecule has 0 unspecified atom stereocenters. The van der Waals surface area contributed by atoms with E-state index in [1.165, 1.54) is 16.4 Å². The molecule has 3 aromatic rings. The highest BCUT2D eigenvalue weighted by atomic mass is 32.2. The molecule has 0 spiro atoms. The van der Waals surface area contributed by atoms with Crippen LogP contribution in [0.3, 0.4) is 0 Å². The molecular weight excluding hydrogens is 428 g/mol. The molecule has 1 amide bonds. The molecule has 1 heterocycles. The van der Waals surface area contributed by atoms with Crippen LogP contribution < -0.4 is 10.1 Å². The van der Waals surface area contributed by atoms with Crippen LogP contribution in [-0.2, 0) is 19.6 Å². The number of rotatable bonds is 7. The van der Waals surface area contributed by atoms with E-state index in [2.05, 4.69) is 5.32 Å². The Morgan fingerprint density at radius 1 is 0.906 bits per heavy atom.